The van der Waals surface area contributed by atoms with E-state index < -0.39 is 0 Å². The molecule has 2 saturated heterocycles. The first-order valence-electron chi connectivity index (χ1n) is 8.11. The van der Waals surface area contributed by atoms with E-state index in [4.69, 9.17) is 5.73 Å². The average Bonchev–Trinajstić information content (AvgIpc) is 2.48. The minimum atomic E-state index is -0.132. The van der Waals surface area contributed by atoms with Crippen LogP contribution in [0.1, 0.15) is 37.2 Å². The molecule has 0 aliphatic carbocycles. The smallest absolute Gasteiger partial charge is 0.128 e. The topological polar surface area (TPSA) is 32.5 Å². The van der Waals surface area contributed by atoms with Crippen molar-refractivity contribution in [3.05, 3.63) is 29.6 Å². The van der Waals surface area contributed by atoms with E-state index in [1.165, 1.54) is 32.0 Å². The van der Waals surface area contributed by atoms with Gasteiger partial charge in [0.05, 0.1) is 0 Å². The molecule has 0 atom stereocenters. The van der Waals surface area contributed by atoms with Gasteiger partial charge in [-0.15, -0.1) is 0 Å². The SMILES string of the molecule is CN1CCC(N2CCC(c3ccc(N)cc3F)CC2)CC1. The Hall–Kier alpha value is -1.13. The van der Waals surface area contributed by atoms with E-state index in [1.54, 1.807) is 0 Å². The van der Waals surface area contributed by atoms with Gasteiger partial charge in [-0.25, -0.2) is 4.39 Å². The molecule has 0 bridgehead atoms. The lowest BCUT2D eigenvalue weighted by Crippen LogP contribution is -2.46. The fourth-order valence-electron chi connectivity index (χ4n) is 3.81. The van der Waals surface area contributed by atoms with Gasteiger partial charge < -0.3 is 15.5 Å². The number of anilines is 1. The maximum atomic E-state index is 14.0. The Balaban J connectivity index is 1.57. The number of benzene rings is 1. The summed E-state index contributed by atoms with van der Waals surface area (Å²) >= 11 is 0. The highest BCUT2D eigenvalue weighted by Gasteiger charge is 2.28. The standard InChI is InChI=1S/C17H26FN3/c1-20-8-6-15(7-9-20)21-10-4-13(5-11-21)16-3-2-14(19)12-17(16)18/h2-3,12-13,15H,4-11,19H2,1H3. The number of hydrogen-bond donors (Lipinski definition) is 1. The highest BCUT2D eigenvalue weighted by molar-refractivity contribution is 5.41. The van der Waals surface area contributed by atoms with Crippen molar-refractivity contribution < 1.29 is 4.39 Å². The second kappa shape index (κ2) is 6.32. The summed E-state index contributed by atoms with van der Waals surface area (Å²) in [4.78, 5) is 5.03. The highest BCUT2D eigenvalue weighted by atomic mass is 19.1. The third-order valence-electron chi connectivity index (χ3n) is 5.20. The molecule has 0 amide bonds. The van der Waals surface area contributed by atoms with Crippen LogP contribution in [0.25, 0.3) is 0 Å². The van der Waals surface area contributed by atoms with Gasteiger partial charge in [-0.3, -0.25) is 0 Å². The molecule has 2 N–H and O–H groups in total. The largest absolute Gasteiger partial charge is 0.399 e. The molecule has 1 aromatic carbocycles. The zero-order chi connectivity index (χ0) is 14.8. The molecule has 1 aromatic rings. The molecule has 0 radical (unpaired) electrons. The molecule has 0 spiro atoms. The van der Waals surface area contributed by atoms with Crippen molar-refractivity contribution in [3.8, 4) is 0 Å². The second-order valence-corrected chi connectivity index (χ2v) is 6.63. The Morgan fingerprint density at radius 3 is 2.33 bits per heavy atom. The van der Waals surface area contributed by atoms with Crippen molar-refractivity contribution in [2.24, 2.45) is 0 Å². The van der Waals surface area contributed by atoms with Crippen molar-refractivity contribution in [3.63, 3.8) is 0 Å². The lowest BCUT2D eigenvalue weighted by molar-refractivity contribution is 0.0962. The molecule has 2 aliphatic rings. The van der Waals surface area contributed by atoms with Crippen LogP contribution in [0.5, 0.6) is 0 Å². The molecular weight excluding hydrogens is 265 g/mol. The summed E-state index contributed by atoms with van der Waals surface area (Å²) in [5, 5.41) is 0. The zero-order valence-electron chi connectivity index (χ0n) is 12.9. The Morgan fingerprint density at radius 1 is 1.05 bits per heavy atom. The first kappa shape index (κ1) is 14.8. The summed E-state index contributed by atoms with van der Waals surface area (Å²) < 4.78 is 14.0. The minimum absolute atomic E-state index is 0.132. The molecule has 2 fully saturated rings. The number of hydrogen-bond acceptors (Lipinski definition) is 3. The first-order valence-corrected chi connectivity index (χ1v) is 8.11. The molecular formula is C17H26FN3. The lowest BCUT2D eigenvalue weighted by Gasteiger charge is -2.41. The van der Waals surface area contributed by atoms with Crippen molar-refractivity contribution in [2.75, 3.05) is 39.0 Å². The normalized spacial score (nSPS) is 23.5. The molecule has 0 saturated carbocycles. The van der Waals surface area contributed by atoms with E-state index in [2.05, 4.69) is 16.8 Å². The third kappa shape index (κ3) is 3.38. The summed E-state index contributed by atoms with van der Waals surface area (Å²) in [5.41, 5.74) is 7.00. The van der Waals surface area contributed by atoms with Crippen LogP contribution in [0.2, 0.25) is 0 Å². The van der Waals surface area contributed by atoms with E-state index in [-0.39, 0.29) is 5.82 Å². The van der Waals surface area contributed by atoms with Gasteiger partial charge in [0.15, 0.2) is 0 Å². The molecule has 21 heavy (non-hydrogen) atoms. The van der Waals surface area contributed by atoms with E-state index in [0.29, 0.717) is 11.6 Å². The number of nitrogen functional groups attached to an aromatic ring is 1. The summed E-state index contributed by atoms with van der Waals surface area (Å²) in [6.45, 7) is 4.61. The predicted octanol–water partition coefficient (Wildman–Crippen LogP) is 2.68. The van der Waals surface area contributed by atoms with Crippen molar-refractivity contribution in [1.82, 2.24) is 9.80 Å². The van der Waals surface area contributed by atoms with Crippen molar-refractivity contribution >= 4 is 5.69 Å². The van der Waals surface area contributed by atoms with E-state index in [0.717, 1.165) is 37.5 Å². The molecule has 3 rings (SSSR count). The number of rotatable bonds is 2. The maximum Gasteiger partial charge on any atom is 0.128 e. The van der Waals surface area contributed by atoms with Crippen LogP contribution in [0.3, 0.4) is 0 Å². The number of halogens is 1. The van der Waals surface area contributed by atoms with Gasteiger partial charge in [0.25, 0.3) is 0 Å². The van der Waals surface area contributed by atoms with E-state index in [1.807, 2.05) is 12.1 Å². The number of nitrogens with two attached hydrogens (primary N) is 1. The number of likely N-dealkylation sites (tertiary alicyclic amines) is 2. The Kier molecular flexibility index (Phi) is 4.45. The van der Waals surface area contributed by atoms with Gasteiger partial charge >= 0.3 is 0 Å². The molecule has 4 heteroatoms. The summed E-state index contributed by atoms with van der Waals surface area (Å²) in [6, 6.07) is 5.89. The van der Waals surface area contributed by atoms with Gasteiger partial charge in [-0.1, -0.05) is 6.07 Å². The second-order valence-electron chi connectivity index (χ2n) is 6.63. The molecule has 0 unspecified atom stereocenters. The van der Waals surface area contributed by atoms with Crippen LogP contribution in [0.15, 0.2) is 18.2 Å². The van der Waals surface area contributed by atoms with E-state index >= 15 is 0 Å². The van der Waals surface area contributed by atoms with Crippen LogP contribution in [0.4, 0.5) is 10.1 Å². The quantitative estimate of drug-likeness (QED) is 0.850. The van der Waals surface area contributed by atoms with Gasteiger partial charge in [0, 0.05) is 11.7 Å². The van der Waals surface area contributed by atoms with Gasteiger partial charge in [0.1, 0.15) is 5.82 Å². The molecule has 116 valence electrons. The minimum Gasteiger partial charge on any atom is -0.399 e. The maximum absolute atomic E-state index is 14.0. The molecule has 2 aliphatic heterocycles. The van der Waals surface area contributed by atoms with Gasteiger partial charge in [0.2, 0.25) is 0 Å². The predicted molar refractivity (Wildman–Crippen MR) is 84.9 cm³/mol. The zero-order valence-corrected chi connectivity index (χ0v) is 12.9. The Bertz CT molecular complexity index is 475. The summed E-state index contributed by atoms with van der Waals surface area (Å²) in [7, 11) is 2.20. The van der Waals surface area contributed by atoms with Crippen molar-refractivity contribution in [2.45, 2.75) is 37.6 Å². The monoisotopic (exact) mass is 291 g/mol. The van der Waals surface area contributed by atoms with Gasteiger partial charge in [-0.2, -0.15) is 0 Å². The van der Waals surface area contributed by atoms with Crippen LogP contribution in [-0.4, -0.2) is 49.1 Å². The lowest BCUT2D eigenvalue weighted by atomic mass is 9.87. The van der Waals surface area contributed by atoms with E-state index in [9.17, 15) is 4.39 Å². The fourth-order valence-corrected chi connectivity index (χ4v) is 3.81. The fraction of sp³-hybridized carbons (Fsp3) is 0.647. The Morgan fingerprint density at radius 2 is 1.71 bits per heavy atom. The molecule has 3 nitrogen and oxygen atoms in total. The molecule has 0 aromatic heterocycles. The van der Waals surface area contributed by atoms with Crippen LogP contribution >= 0.6 is 0 Å². The van der Waals surface area contributed by atoms with Crippen LogP contribution in [-0.2, 0) is 0 Å². The van der Waals surface area contributed by atoms with Crippen molar-refractivity contribution in [1.29, 1.82) is 0 Å². The summed E-state index contributed by atoms with van der Waals surface area (Å²) in [5.74, 6) is 0.223. The summed E-state index contributed by atoms with van der Waals surface area (Å²) in [6.07, 6.45) is 4.68. The first-order chi connectivity index (χ1) is 10.1. The van der Waals surface area contributed by atoms with Crippen LogP contribution < -0.4 is 5.73 Å². The third-order valence-corrected chi connectivity index (χ3v) is 5.20. The number of nitrogens with zero attached hydrogens (tertiary/aromatic N) is 2. The highest BCUT2D eigenvalue weighted by Crippen LogP contribution is 2.32. The molecule has 2 heterocycles. The average molecular weight is 291 g/mol. The Labute approximate surface area is 126 Å². The van der Waals surface area contributed by atoms with Gasteiger partial charge in [-0.05, 0) is 82.5 Å². The number of piperidine rings is 2. The van der Waals surface area contributed by atoms with Crippen LogP contribution in [0, 0.1) is 5.82 Å².